The van der Waals surface area contributed by atoms with Gasteiger partial charge in [-0.2, -0.15) is 16.8 Å². The summed E-state index contributed by atoms with van der Waals surface area (Å²) in [7, 11) is -4.81. The number of benzene rings is 2. The number of allylic oxidation sites excluding steroid dienone is 10. The molecule has 2 aromatic rings. The molecule has 0 atom stereocenters. The van der Waals surface area contributed by atoms with E-state index in [-0.39, 0.29) is 28.8 Å². The SMILES string of the molecule is COc1ccc2c(c1C)C1(CCCCC1)C(/C=C/C1=C(Cl)C(=C/C=C3\N(CCCS(=O)(=O)O)c4ccc(OC)c(C)c4C34CCCCC4)/CCC1)=C2CCCS(=O)(=O)O. The lowest BCUT2D eigenvalue weighted by Gasteiger charge is -2.38. The van der Waals surface area contributed by atoms with Crippen LogP contribution in [0.25, 0.3) is 5.57 Å². The summed E-state index contributed by atoms with van der Waals surface area (Å²) in [4.78, 5) is 2.27. The third kappa shape index (κ3) is 8.61. The average Bonchev–Trinajstić information content (AvgIpc) is 3.59. The maximum absolute atomic E-state index is 11.8. The number of anilines is 1. The van der Waals surface area contributed by atoms with Crippen molar-refractivity contribution in [2.45, 2.75) is 127 Å². The summed E-state index contributed by atoms with van der Waals surface area (Å²) in [5, 5.41) is 0.743. The first kappa shape index (κ1) is 43.7. The maximum Gasteiger partial charge on any atom is 0.264 e. The van der Waals surface area contributed by atoms with Crippen molar-refractivity contribution in [1.82, 2.24) is 0 Å². The first-order valence-corrected chi connectivity index (χ1v) is 25.0. The molecule has 2 aromatic carbocycles. The number of hydrogen-bond acceptors (Lipinski definition) is 7. The van der Waals surface area contributed by atoms with Crippen molar-refractivity contribution in [3.8, 4) is 11.5 Å². The number of rotatable bonds is 13. The lowest BCUT2D eigenvalue weighted by molar-refractivity contribution is 0.342. The van der Waals surface area contributed by atoms with Crippen LogP contribution < -0.4 is 14.4 Å². The summed E-state index contributed by atoms with van der Waals surface area (Å²) in [6.45, 7) is 4.71. The monoisotopic (exact) mass is 865 g/mol. The van der Waals surface area contributed by atoms with Crippen LogP contribution in [0.1, 0.15) is 131 Å². The van der Waals surface area contributed by atoms with E-state index in [2.05, 4.69) is 55.2 Å². The first-order valence-electron chi connectivity index (χ1n) is 21.4. The fourth-order valence-electron chi connectivity index (χ4n) is 11.4. The second kappa shape index (κ2) is 17.6. The van der Waals surface area contributed by atoms with Gasteiger partial charge in [0.15, 0.2) is 0 Å². The van der Waals surface area contributed by atoms with E-state index in [1.54, 1.807) is 14.2 Å². The van der Waals surface area contributed by atoms with Gasteiger partial charge in [0.1, 0.15) is 11.5 Å². The molecule has 2 saturated carbocycles. The van der Waals surface area contributed by atoms with E-state index in [0.717, 1.165) is 132 Å². The van der Waals surface area contributed by atoms with Gasteiger partial charge in [0.2, 0.25) is 0 Å². The highest BCUT2D eigenvalue weighted by molar-refractivity contribution is 7.86. The Morgan fingerprint density at radius 1 is 0.729 bits per heavy atom. The molecule has 9 nitrogen and oxygen atoms in total. The Bertz CT molecular complexity index is 2340. The first-order chi connectivity index (χ1) is 28.1. The Balaban J connectivity index is 1.30. The quantitative estimate of drug-likeness (QED) is 0.189. The predicted molar refractivity (Wildman–Crippen MR) is 238 cm³/mol. The number of nitrogens with zero attached hydrogens (tertiary/aromatic N) is 1. The van der Waals surface area contributed by atoms with Gasteiger partial charge < -0.3 is 14.4 Å². The third-order valence-corrected chi connectivity index (χ3v) is 15.9. The number of fused-ring (bicyclic) bond motifs is 4. The Hall–Kier alpha value is -3.35. The Labute approximate surface area is 356 Å². The second-order valence-electron chi connectivity index (χ2n) is 17.2. The van der Waals surface area contributed by atoms with Crippen LogP contribution in [0.5, 0.6) is 11.5 Å². The normalized spacial score (nSPS) is 21.7. The molecule has 2 fully saturated rings. The minimum atomic E-state index is -4.11. The van der Waals surface area contributed by atoms with Crippen molar-refractivity contribution in [2.75, 3.05) is 37.2 Å². The van der Waals surface area contributed by atoms with Gasteiger partial charge in [0, 0.05) is 33.8 Å². The summed E-state index contributed by atoms with van der Waals surface area (Å²) < 4.78 is 78.2. The summed E-state index contributed by atoms with van der Waals surface area (Å²) in [5.74, 6) is 1.10. The molecule has 59 heavy (non-hydrogen) atoms. The summed E-state index contributed by atoms with van der Waals surface area (Å²) in [5.41, 5.74) is 12.2. The van der Waals surface area contributed by atoms with Crippen molar-refractivity contribution >= 4 is 43.1 Å². The number of ether oxygens (including phenoxy) is 2. The Morgan fingerprint density at radius 3 is 1.95 bits per heavy atom. The lowest BCUT2D eigenvalue weighted by Crippen LogP contribution is -2.34. The van der Waals surface area contributed by atoms with E-state index in [4.69, 9.17) is 21.1 Å². The fourth-order valence-corrected chi connectivity index (χ4v) is 12.7. The molecule has 0 amide bonds. The van der Waals surface area contributed by atoms with Gasteiger partial charge in [-0.3, -0.25) is 9.11 Å². The van der Waals surface area contributed by atoms with Crippen LogP contribution in [0, 0.1) is 13.8 Å². The zero-order valence-electron chi connectivity index (χ0n) is 35.0. The minimum Gasteiger partial charge on any atom is -0.496 e. The molecule has 320 valence electrons. The minimum absolute atomic E-state index is 0.216. The number of halogens is 1. The molecule has 1 heterocycles. The number of methoxy groups -OCH3 is 2. The molecule has 0 radical (unpaired) electrons. The van der Waals surface area contributed by atoms with Gasteiger partial charge in [-0.05, 0) is 152 Å². The van der Waals surface area contributed by atoms with Gasteiger partial charge in [0.05, 0.1) is 25.7 Å². The van der Waals surface area contributed by atoms with Crippen molar-refractivity contribution in [3.05, 3.63) is 104 Å². The average molecular weight is 867 g/mol. The molecule has 0 bridgehead atoms. The van der Waals surface area contributed by atoms with Gasteiger partial charge in [-0.25, -0.2) is 0 Å². The molecule has 0 saturated heterocycles. The van der Waals surface area contributed by atoms with Crippen LogP contribution >= 0.6 is 11.6 Å². The van der Waals surface area contributed by atoms with E-state index in [0.29, 0.717) is 19.4 Å². The molecule has 2 N–H and O–H groups in total. The van der Waals surface area contributed by atoms with Gasteiger partial charge in [-0.15, -0.1) is 0 Å². The molecule has 4 aliphatic carbocycles. The molecule has 12 heteroatoms. The summed E-state index contributed by atoms with van der Waals surface area (Å²) in [6.07, 6.45) is 23.3. The zero-order chi connectivity index (χ0) is 42.2. The summed E-state index contributed by atoms with van der Waals surface area (Å²) >= 11 is 7.40. The molecular weight excluding hydrogens is 806 g/mol. The molecule has 7 rings (SSSR count). The van der Waals surface area contributed by atoms with Crippen LogP contribution in [0.2, 0.25) is 0 Å². The molecule has 5 aliphatic rings. The van der Waals surface area contributed by atoms with Gasteiger partial charge in [-0.1, -0.05) is 74.4 Å². The molecule has 0 aromatic heterocycles. The Kier molecular flexibility index (Phi) is 13.0. The van der Waals surface area contributed by atoms with E-state index in [9.17, 15) is 25.9 Å². The molecule has 1 aliphatic heterocycles. The fraction of sp³-hybridized carbons (Fsp3) is 0.532. The Morgan fingerprint density at radius 2 is 1.32 bits per heavy atom. The largest absolute Gasteiger partial charge is 0.496 e. The van der Waals surface area contributed by atoms with Crippen LogP contribution in [0.15, 0.2) is 76.0 Å². The van der Waals surface area contributed by atoms with E-state index >= 15 is 0 Å². The highest BCUT2D eigenvalue weighted by atomic mass is 35.5. The van der Waals surface area contributed by atoms with Crippen molar-refractivity contribution in [3.63, 3.8) is 0 Å². The van der Waals surface area contributed by atoms with Gasteiger partial charge in [0.25, 0.3) is 20.2 Å². The topological polar surface area (TPSA) is 130 Å². The standard InChI is InChI=1S/C47H60ClNO8S2/c1-32-40(56-3)22-19-37-36(16-12-30-58(50,51)52)38(46(43(32)37)25-7-5-8-26-46)20-17-34-14-11-15-35(45(34)48)18-24-42-47(27-9-6-10-28-47)44-33(2)41(57-4)23-21-39(44)49(42)29-13-31-59(53,54)55/h17-24H,5-16,25-31H2,1-4H3,(H,50,51,52)(H,53,54,55)/b20-17+,35-18+,42-24-. The van der Waals surface area contributed by atoms with Crippen LogP contribution in [-0.4, -0.2) is 58.2 Å². The van der Waals surface area contributed by atoms with Crippen LogP contribution in [-0.2, 0) is 31.1 Å². The lowest BCUT2D eigenvalue weighted by atomic mass is 9.65. The van der Waals surface area contributed by atoms with Gasteiger partial charge >= 0.3 is 0 Å². The zero-order valence-corrected chi connectivity index (χ0v) is 37.4. The highest BCUT2D eigenvalue weighted by Gasteiger charge is 2.49. The van der Waals surface area contributed by atoms with E-state index in [1.165, 1.54) is 29.5 Å². The second-order valence-corrected chi connectivity index (χ2v) is 20.8. The third-order valence-electron chi connectivity index (χ3n) is 13.8. The van der Waals surface area contributed by atoms with Crippen molar-refractivity contribution < 1.29 is 35.4 Å². The van der Waals surface area contributed by atoms with E-state index in [1.807, 2.05) is 12.1 Å². The van der Waals surface area contributed by atoms with E-state index < -0.39 is 20.2 Å². The molecular formula is C47H60ClNO8S2. The van der Waals surface area contributed by atoms with Crippen molar-refractivity contribution in [2.24, 2.45) is 0 Å². The molecule has 2 spiro atoms. The predicted octanol–water partition coefficient (Wildman–Crippen LogP) is 11.0. The molecule has 0 unspecified atom stereocenters. The van der Waals surface area contributed by atoms with Crippen molar-refractivity contribution in [1.29, 1.82) is 0 Å². The maximum atomic E-state index is 11.8. The van der Waals surface area contributed by atoms with Crippen LogP contribution in [0.3, 0.4) is 0 Å². The number of hydrogen-bond donors (Lipinski definition) is 2. The van der Waals surface area contributed by atoms with Crippen LogP contribution in [0.4, 0.5) is 5.69 Å². The smallest absolute Gasteiger partial charge is 0.264 e. The summed E-state index contributed by atoms with van der Waals surface area (Å²) in [6, 6.07) is 8.24. The highest BCUT2D eigenvalue weighted by Crippen LogP contribution is 2.59.